The van der Waals surface area contributed by atoms with Crippen LogP contribution in [0.15, 0.2) is 6.07 Å². The molecule has 0 atom stereocenters. The van der Waals surface area contributed by atoms with Crippen LogP contribution in [0.2, 0.25) is 0 Å². The van der Waals surface area contributed by atoms with E-state index >= 15 is 0 Å². The van der Waals surface area contributed by atoms with Gasteiger partial charge in [-0.2, -0.15) is 5.26 Å². The summed E-state index contributed by atoms with van der Waals surface area (Å²) in [4.78, 5) is 8.58. The first-order valence-corrected chi connectivity index (χ1v) is 4.96. The van der Waals surface area contributed by atoms with Crippen LogP contribution in [0.25, 0.3) is 0 Å². The summed E-state index contributed by atoms with van der Waals surface area (Å²) in [5.41, 5.74) is 1.35. The second kappa shape index (κ2) is 4.71. The van der Waals surface area contributed by atoms with Crippen molar-refractivity contribution in [1.29, 1.82) is 5.26 Å². The molecule has 0 N–H and O–H groups in total. The SMILES string of the molecule is CCC(CC)c1nc(C)cc(C#N)n1. The van der Waals surface area contributed by atoms with Gasteiger partial charge in [0.25, 0.3) is 0 Å². The zero-order valence-electron chi connectivity index (χ0n) is 8.91. The summed E-state index contributed by atoms with van der Waals surface area (Å²) in [7, 11) is 0. The zero-order valence-corrected chi connectivity index (χ0v) is 8.91. The maximum absolute atomic E-state index is 8.77. The van der Waals surface area contributed by atoms with Gasteiger partial charge in [0.2, 0.25) is 0 Å². The Hall–Kier alpha value is -1.43. The molecule has 3 nitrogen and oxygen atoms in total. The van der Waals surface area contributed by atoms with Gasteiger partial charge in [-0.25, -0.2) is 9.97 Å². The summed E-state index contributed by atoms with van der Waals surface area (Å²) in [6, 6.07) is 3.77. The Kier molecular flexibility index (Phi) is 3.58. The predicted octanol–water partition coefficient (Wildman–Crippen LogP) is 2.56. The van der Waals surface area contributed by atoms with Crippen molar-refractivity contribution in [3.05, 3.63) is 23.3 Å². The molecule has 0 bridgehead atoms. The monoisotopic (exact) mass is 189 g/mol. The molecular weight excluding hydrogens is 174 g/mol. The Morgan fingerprint density at radius 3 is 2.50 bits per heavy atom. The highest BCUT2D eigenvalue weighted by molar-refractivity contribution is 5.23. The van der Waals surface area contributed by atoms with Gasteiger partial charge >= 0.3 is 0 Å². The van der Waals surface area contributed by atoms with E-state index in [9.17, 15) is 0 Å². The summed E-state index contributed by atoms with van der Waals surface area (Å²) in [6.45, 7) is 6.13. The largest absolute Gasteiger partial charge is 0.238 e. The fourth-order valence-corrected chi connectivity index (χ4v) is 1.49. The average molecular weight is 189 g/mol. The van der Waals surface area contributed by atoms with Gasteiger partial charge in [-0.3, -0.25) is 0 Å². The van der Waals surface area contributed by atoms with Crippen LogP contribution in [0.1, 0.15) is 49.8 Å². The highest BCUT2D eigenvalue weighted by Crippen LogP contribution is 2.19. The van der Waals surface area contributed by atoms with Crippen molar-refractivity contribution in [3.8, 4) is 6.07 Å². The van der Waals surface area contributed by atoms with Crippen molar-refractivity contribution in [2.24, 2.45) is 0 Å². The lowest BCUT2D eigenvalue weighted by molar-refractivity contribution is 0.598. The Morgan fingerprint density at radius 2 is 2.00 bits per heavy atom. The number of nitriles is 1. The lowest BCUT2D eigenvalue weighted by atomic mass is 10.0. The van der Waals surface area contributed by atoms with E-state index in [0.29, 0.717) is 11.6 Å². The van der Waals surface area contributed by atoms with E-state index in [2.05, 4.69) is 29.9 Å². The van der Waals surface area contributed by atoms with E-state index in [4.69, 9.17) is 5.26 Å². The highest BCUT2D eigenvalue weighted by atomic mass is 14.9. The molecule has 0 fully saturated rings. The minimum Gasteiger partial charge on any atom is -0.238 e. The quantitative estimate of drug-likeness (QED) is 0.734. The van der Waals surface area contributed by atoms with Gasteiger partial charge in [0.1, 0.15) is 17.6 Å². The summed E-state index contributed by atoms with van der Waals surface area (Å²) in [5.74, 6) is 1.19. The van der Waals surface area contributed by atoms with Crippen LogP contribution in [0.3, 0.4) is 0 Å². The number of aromatic nitrogens is 2. The number of aryl methyl sites for hydroxylation is 1. The van der Waals surface area contributed by atoms with Gasteiger partial charge in [0, 0.05) is 11.6 Å². The molecule has 0 spiro atoms. The van der Waals surface area contributed by atoms with Gasteiger partial charge in [0.15, 0.2) is 0 Å². The molecule has 0 aliphatic carbocycles. The third-order valence-corrected chi connectivity index (χ3v) is 2.34. The van der Waals surface area contributed by atoms with E-state index in [0.717, 1.165) is 24.4 Å². The van der Waals surface area contributed by atoms with Crippen LogP contribution < -0.4 is 0 Å². The third kappa shape index (κ3) is 2.29. The second-order valence-corrected chi connectivity index (χ2v) is 3.38. The molecule has 1 aromatic rings. The molecule has 0 radical (unpaired) electrons. The van der Waals surface area contributed by atoms with Gasteiger partial charge < -0.3 is 0 Å². The maximum Gasteiger partial charge on any atom is 0.144 e. The van der Waals surface area contributed by atoms with Crippen LogP contribution in [0, 0.1) is 18.3 Å². The number of hydrogen-bond donors (Lipinski definition) is 0. The fourth-order valence-electron chi connectivity index (χ4n) is 1.49. The van der Waals surface area contributed by atoms with Crippen molar-refractivity contribution in [1.82, 2.24) is 9.97 Å². The van der Waals surface area contributed by atoms with Gasteiger partial charge in [-0.15, -0.1) is 0 Å². The van der Waals surface area contributed by atoms with Crippen molar-refractivity contribution >= 4 is 0 Å². The fraction of sp³-hybridized carbons (Fsp3) is 0.545. The molecule has 74 valence electrons. The van der Waals surface area contributed by atoms with Crippen molar-refractivity contribution in [3.63, 3.8) is 0 Å². The van der Waals surface area contributed by atoms with Crippen LogP contribution in [-0.2, 0) is 0 Å². The van der Waals surface area contributed by atoms with Crippen molar-refractivity contribution in [2.75, 3.05) is 0 Å². The molecule has 0 saturated carbocycles. The smallest absolute Gasteiger partial charge is 0.144 e. The summed E-state index contributed by atoms with van der Waals surface area (Å²) < 4.78 is 0. The summed E-state index contributed by atoms with van der Waals surface area (Å²) in [5, 5.41) is 8.77. The topological polar surface area (TPSA) is 49.6 Å². The molecule has 14 heavy (non-hydrogen) atoms. The first-order chi connectivity index (χ1) is 6.71. The molecule has 0 saturated heterocycles. The summed E-state index contributed by atoms with van der Waals surface area (Å²) >= 11 is 0. The van der Waals surface area contributed by atoms with E-state index in [1.807, 2.05) is 6.92 Å². The Morgan fingerprint density at radius 1 is 1.36 bits per heavy atom. The predicted molar refractivity (Wildman–Crippen MR) is 54.8 cm³/mol. The Labute approximate surface area is 84.8 Å². The number of nitrogens with zero attached hydrogens (tertiary/aromatic N) is 3. The van der Waals surface area contributed by atoms with Crippen LogP contribution in [0.5, 0.6) is 0 Å². The molecule has 0 aliphatic heterocycles. The van der Waals surface area contributed by atoms with Gasteiger partial charge in [0.05, 0.1) is 0 Å². The Balaban J connectivity index is 3.09. The van der Waals surface area contributed by atoms with Crippen molar-refractivity contribution < 1.29 is 0 Å². The van der Waals surface area contributed by atoms with Crippen molar-refractivity contribution in [2.45, 2.75) is 39.5 Å². The van der Waals surface area contributed by atoms with Crippen LogP contribution >= 0.6 is 0 Å². The van der Waals surface area contributed by atoms with Crippen LogP contribution in [-0.4, -0.2) is 9.97 Å². The molecule has 1 heterocycles. The van der Waals surface area contributed by atoms with E-state index in [1.54, 1.807) is 6.07 Å². The molecule has 0 aromatic carbocycles. The average Bonchev–Trinajstić information content (AvgIpc) is 2.19. The molecule has 0 aliphatic rings. The van der Waals surface area contributed by atoms with E-state index in [-0.39, 0.29) is 0 Å². The van der Waals surface area contributed by atoms with Gasteiger partial charge in [-0.1, -0.05) is 13.8 Å². The molecular formula is C11H15N3. The lowest BCUT2D eigenvalue weighted by Gasteiger charge is -2.10. The van der Waals surface area contributed by atoms with Crippen LogP contribution in [0.4, 0.5) is 0 Å². The zero-order chi connectivity index (χ0) is 10.6. The molecule has 0 amide bonds. The first-order valence-electron chi connectivity index (χ1n) is 4.96. The lowest BCUT2D eigenvalue weighted by Crippen LogP contribution is -2.05. The Bertz CT molecular complexity index is 348. The van der Waals surface area contributed by atoms with E-state index in [1.165, 1.54) is 0 Å². The standard InChI is InChI=1S/C11H15N3/c1-4-9(5-2)11-13-8(3)6-10(7-12)14-11/h6,9H,4-5H2,1-3H3. The minimum atomic E-state index is 0.377. The van der Waals surface area contributed by atoms with Gasteiger partial charge in [-0.05, 0) is 25.8 Å². The molecule has 1 rings (SSSR count). The first kappa shape index (κ1) is 10.6. The molecule has 0 unspecified atom stereocenters. The molecule has 3 heteroatoms. The second-order valence-electron chi connectivity index (χ2n) is 3.38. The van der Waals surface area contributed by atoms with E-state index < -0.39 is 0 Å². The summed E-state index contributed by atoms with van der Waals surface area (Å²) in [6.07, 6.45) is 2.04. The number of hydrogen-bond acceptors (Lipinski definition) is 3. The number of rotatable bonds is 3. The minimum absolute atomic E-state index is 0.377. The third-order valence-electron chi connectivity index (χ3n) is 2.34. The molecule has 1 aromatic heterocycles. The highest BCUT2D eigenvalue weighted by Gasteiger charge is 2.11. The maximum atomic E-state index is 8.77. The normalized spacial score (nSPS) is 10.2.